The summed E-state index contributed by atoms with van der Waals surface area (Å²) in [6.45, 7) is 4.78. The highest BCUT2D eigenvalue weighted by Crippen LogP contribution is 2.38. The number of aryl methyl sites for hydroxylation is 1. The van der Waals surface area contributed by atoms with Gasteiger partial charge in [0.2, 0.25) is 5.91 Å². The van der Waals surface area contributed by atoms with Gasteiger partial charge in [0.05, 0.1) is 12.7 Å². The van der Waals surface area contributed by atoms with Gasteiger partial charge < -0.3 is 34.4 Å². The van der Waals surface area contributed by atoms with E-state index in [1.54, 1.807) is 32.4 Å². The maximum atomic E-state index is 12.7. The number of hydrogen-bond donors (Lipinski definition) is 3. The van der Waals surface area contributed by atoms with Crippen LogP contribution in [0.25, 0.3) is 22.0 Å². The number of amides is 1. The smallest absolute Gasteiger partial charge is 0.274 e. The summed E-state index contributed by atoms with van der Waals surface area (Å²) in [4.78, 5) is 27.8. The van der Waals surface area contributed by atoms with Gasteiger partial charge in [-0.25, -0.2) is 0 Å². The molecule has 0 spiro atoms. The number of pyridine rings is 1. The van der Waals surface area contributed by atoms with Gasteiger partial charge >= 0.3 is 0 Å². The lowest BCUT2D eigenvalue weighted by Gasteiger charge is -2.22. The summed E-state index contributed by atoms with van der Waals surface area (Å²) in [5.74, 6) is 1.78. The van der Waals surface area contributed by atoms with Gasteiger partial charge in [-0.05, 0) is 62.3 Å². The molecule has 0 bridgehead atoms. The van der Waals surface area contributed by atoms with Crippen molar-refractivity contribution in [1.29, 1.82) is 0 Å². The molecule has 0 unspecified atom stereocenters. The molecule has 2 aromatic heterocycles. The Labute approximate surface area is 227 Å². The van der Waals surface area contributed by atoms with E-state index in [2.05, 4.69) is 15.6 Å². The summed E-state index contributed by atoms with van der Waals surface area (Å²) in [6, 6.07) is 14.8. The number of ether oxygens (including phenoxy) is 3. The first-order valence-corrected chi connectivity index (χ1v) is 13.4. The van der Waals surface area contributed by atoms with E-state index in [0.29, 0.717) is 48.1 Å². The second-order valence-electron chi connectivity index (χ2n) is 9.58. The first-order chi connectivity index (χ1) is 19.0. The second-order valence-corrected chi connectivity index (χ2v) is 9.58. The fourth-order valence-electron chi connectivity index (χ4n) is 4.73. The van der Waals surface area contributed by atoms with Crippen LogP contribution in [0.15, 0.2) is 65.7 Å². The molecule has 4 aromatic rings. The molecule has 39 heavy (non-hydrogen) atoms. The molecule has 2 aromatic carbocycles. The largest absolute Gasteiger partial charge is 0.491 e. The van der Waals surface area contributed by atoms with Crippen LogP contribution in [0.2, 0.25) is 0 Å². The highest BCUT2D eigenvalue weighted by atomic mass is 16.5. The van der Waals surface area contributed by atoms with Crippen molar-refractivity contribution in [1.82, 2.24) is 14.9 Å². The topological polar surface area (TPSA) is 107 Å². The van der Waals surface area contributed by atoms with Gasteiger partial charge in [0.1, 0.15) is 29.4 Å². The zero-order chi connectivity index (χ0) is 27.2. The molecule has 1 fully saturated rings. The summed E-state index contributed by atoms with van der Waals surface area (Å²) in [6.07, 6.45) is 6.24. The summed E-state index contributed by atoms with van der Waals surface area (Å²) in [7, 11) is 1.71. The van der Waals surface area contributed by atoms with Gasteiger partial charge in [-0.1, -0.05) is 13.0 Å². The zero-order valence-electron chi connectivity index (χ0n) is 22.3. The summed E-state index contributed by atoms with van der Waals surface area (Å²) >= 11 is 0. The van der Waals surface area contributed by atoms with Crippen molar-refractivity contribution in [2.75, 3.05) is 31.6 Å². The average Bonchev–Trinajstić information content (AvgIpc) is 3.45. The monoisotopic (exact) mass is 530 g/mol. The number of aromatic nitrogens is 2. The number of fused-ring (bicyclic) bond motifs is 1. The van der Waals surface area contributed by atoms with E-state index in [0.717, 1.165) is 42.4 Å². The van der Waals surface area contributed by atoms with Crippen molar-refractivity contribution >= 4 is 22.5 Å². The maximum absolute atomic E-state index is 12.7. The molecule has 1 aliphatic heterocycles. The van der Waals surface area contributed by atoms with Crippen molar-refractivity contribution in [2.45, 2.75) is 32.3 Å². The van der Waals surface area contributed by atoms with Crippen molar-refractivity contribution in [3.05, 3.63) is 71.3 Å². The Hall–Kier alpha value is -4.08. The number of carbonyl (C=O) groups is 1. The lowest BCUT2D eigenvalue weighted by atomic mass is 10.0. The third-order valence-corrected chi connectivity index (χ3v) is 6.79. The Morgan fingerprint density at radius 1 is 1.05 bits per heavy atom. The minimum atomic E-state index is -0.120. The standard InChI is InChI=1S/C30H34N4O5/c1-3-28(35)33-20-7-8-27(25(17-20)26-19-34(2)30(36)29-24(26)11-14-32-29)39-23-6-4-5-22(18-23)38-16-15-37-21-9-12-31-13-10-21/h4-8,11,14,17-19,21,31-32H,3,9-10,12-13,15-16H2,1-2H3,(H,33,35). The summed E-state index contributed by atoms with van der Waals surface area (Å²) in [5.41, 5.74) is 2.58. The fraction of sp³-hybridized carbons (Fsp3) is 0.333. The number of carbonyl (C=O) groups excluding carboxylic acids is 1. The molecule has 9 heteroatoms. The van der Waals surface area contributed by atoms with Gasteiger partial charge in [0.15, 0.2) is 0 Å². The van der Waals surface area contributed by atoms with Crippen LogP contribution in [0.3, 0.4) is 0 Å². The van der Waals surface area contributed by atoms with Crippen molar-refractivity contribution in [3.8, 4) is 28.4 Å². The molecule has 3 N–H and O–H groups in total. The quantitative estimate of drug-likeness (QED) is 0.254. The molecule has 1 amide bonds. The predicted octanol–water partition coefficient (Wildman–Crippen LogP) is 4.82. The van der Waals surface area contributed by atoms with Crippen LogP contribution >= 0.6 is 0 Å². The number of rotatable bonds is 10. The number of hydrogen-bond acceptors (Lipinski definition) is 6. The SMILES string of the molecule is CCC(=O)Nc1ccc(Oc2cccc(OCCOC3CCNCC3)c2)c(-c2cn(C)c(=O)c3[nH]ccc23)c1. The lowest BCUT2D eigenvalue weighted by molar-refractivity contribution is -0.115. The number of piperidine rings is 1. The van der Waals surface area contributed by atoms with Crippen LogP contribution in [0, 0.1) is 0 Å². The van der Waals surface area contributed by atoms with Gasteiger partial charge in [-0.3, -0.25) is 9.59 Å². The van der Waals surface area contributed by atoms with E-state index in [1.165, 1.54) is 4.57 Å². The van der Waals surface area contributed by atoms with Crippen LogP contribution < -0.4 is 25.7 Å². The number of nitrogens with zero attached hydrogens (tertiary/aromatic N) is 1. The minimum absolute atomic E-state index is 0.0872. The van der Waals surface area contributed by atoms with Crippen LogP contribution in [-0.2, 0) is 16.6 Å². The molecule has 9 nitrogen and oxygen atoms in total. The number of anilines is 1. The Morgan fingerprint density at radius 2 is 1.87 bits per heavy atom. The first kappa shape index (κ1) is 26.5. The van der Waals surface area contributed by atoms with E-state index >= 15 is 0 Å². The highest BCUT2D eigenvalue weighted by molar-refractivity contribution is 5.98. The molecule has 1 aliphatic rings. The minimum Gasteiger partial charge on any atom is -0.491 e. The zero-order valence-corrected chi connectivity index (χ0v) is 22.3. The van der Waals surface area contributed by atoms with Crippen LogP contribution in [0.5, 0.6) is 17.2 Å². The summed E-state index contributed by atoms with van der Waals surface area (Å²) < 4.78 is 19.8. The van der Waals surface area contributed by atoms with E-state index < -0.39 is 0 Å². The summed E-state index contributed by atoms with van der Waals surface area (Å²) in [5, 5.41) is 7.02. The van der Waals surface area contributed by atoms with Gasteiger partial charge in [-0.15, -0.1) is 0 Å². The van der Waals surface area contributed by atoms with E-state index in [9.17, 15) is 9.59 Å². The Balaban J connectivity index is 1.39. The molecule has 1 saturated heterocycles. The third kappa shape index (κ3) is 6.32. The average molecular weight is 531 g/mol. The van der Waals surface area contributed by atoms with Gasteiger partial charge in [0, 0.05) is 54.1 Å². The normalized spacial score (nSPS) is 13.9. The molecule has 0 aliphatic carbocycles. The molecular formula is C30H34N4O5. The Bertz CT molecular complexity index is 1500. The van der Waals surface area contributed by atoms with E-state index in [1.807, 2.05) is 42.5 Å². The van der Waals surface area contributed by atoms with Crippen molar-refractivity contribution in [3.63, 3.8) is 0 Å². The number of aromatic amines is 1. The van der Waals surface area contributed by atoms with Crippen molar-refractivity contribution < 1.29 is 19.0 Å². The molecule has 0 atom stereocenters. The molecule has 5 rings (SSSR count). The number of nitrogens with one attached hydrogen (secondary N) is 3. The molecule has 204 valence electrons. The first-order valence-electron chi connectivity index (χ1n) is 13.4. The second kappa shape index (κ2) is 12.2. The van der Waals surface area contributed by atoms with Gasteiger partial charge in [0.25, 0.3) is 5.56 Å². The van der Waals surface area contributed by atoms with E-state index in [4.69, 9.17) is 14.2 Å². The fourth-order valence-corrected chi connectivity index (χ4v) is 4.73. The highest BCUT2D eigenvalue weighted by Gasteiger charge is 2.17. The molecule has 0 radical (unpaired) electrons. The molecule has 0 saturated carbocycles. The van der Waals surface area contributed by atoms with E-state index in [-0.39, 0.29) is 17.6 Å². The predicted molar refractivity (Wildman–Crippen MR) is 152 cm³/mol. The Kier molecular flexibility index (Phi) is 8.29. The Morgan fingerprint density at radius 3 is 2.69 bits per heavy atom. The maximum Gasteiger partial charge on any atom is 0.274 e. The molecule has 3 heterocycles. The number of H-pyrrole nitrogens is 1. The van der Waals surface area contributed by atoms with Crippen LogP contribution in [0.1, 0.15) is 26.2 Å². The molecular weight excluding hydrogens is 496 g/mol. The van der Waals surface area contributed by atoms with Crippen molar-refractivity contribution in [2.24, 2.45) is 7.05 Å². The van der Waals surface area contributed by atoms with Gasteiger partial charge in [-0.2, -0.15) is 0 Å². The van der Waals surface area contributed by atoms with Crippen LogP contribution in [0.4, 0.5) is 5.69 Å². The number of benzene rings is 2. The third-order valence-electron chi connectivity index (χ3n) is 6.79. The van der Waals surface area contributed by atoms with Crippen LogP contribution in [-0.4, -0.2) is 47.9 Å². The lowest BCUT2D eigenvalue weighted by Crippen LogP contribution is -2.33.